The molecular formula is C27H24F3N5O6S. The fourth-order valence-corrected chi connectivity index (χ4v) is 5.38. The third-order valence-corrected chi connectivity index (χ3v) is 7.78. The summed E-state index contributed by atoms with van der Waals surface area (Å²) in [6, 6.07) is 8.76. The van der Waals surface area contributed by atoms with Gasteiger partial charge in [0.25, 0.3) is 10.0 Å². The molecule has 0 saturated carbocycles. The Labute approximate surface area is 238 Å². The van der Waals surface area contributed by atoms with Crippen molar-refractivity contribution in [2.24, 2.45) is 0 Å². The summed E-state index contributed by atoms with van der Waals surface area (Å²) in [6.45, 7) is 0.254. The second kappa shape index (κ2) is 12.3. The molecule has 15 heteroatoms. The number of aromatic nitrogens is 3. The summed E-state index contributed by atoms with van der Waals surface area (Å²) < 4.78 is 79.0. The number of amides is 1. The summed E-state index contributed by atoms with van der Waals surface area (Å²) in [7, 11) is -4.03. The standard InChI is InChI=1S/C27H24F3N5O6S/c1-3-34-14-20(17-9-11-31-12-10-17)26(32-34)19-5-4-6-22(25(19)30)35(16-41-27(38)33(2)15-24(36)37)42(39,40)23-13-18(28)7-8-21(23)29/h4-14H,3,15-16H2,1-2H3,(H,36,37). The van der Waals surface area contributed by atoms with Gasteiger partial charge in [0, 0.05) is 43.3 Å². The molecular weight excluding hydrogens is 579 g/mol. The Balaban J connectivity index is 1.85. The summed E-state index contributed by atoms with van der Waals surface area (Å²) >= 11 is 0. The highest BCUT2D eigenvalue weighted by atomic mass is 32.2. The van der Waals surface area contributed by atoms with Gasteiger partial charge in [0.2, 0.25) is 0 Å². The van der Waals surface area contributed by atoms with E-state index in [1.54, 1.807) is 23.0 Å². The van der Waals surface area contributed by atoms with Gasteiger partial charge in [-0.25, -0.2) is 30.7 Å². The Hall–Kier alpha value is -4.92. The van der Waals surface area contributed by atoms with E-state index in [-0.39, 0.29) is 15.6 Å². The quantitative estimate of drug-likeness (QED) is 0.264. The van der Waals surface area contributed by atoms with Crippen molar-refractivity contribution in [2.45, 2.75) is 18.4 Å². The number of aryl methyl sites for hydroxylation is 1. The lowest BCUT2D eigenvalue weighted by Crippen LogP contribution is -2.39. The second-order valence-electron chi connectivity index (χ2n) is 8.84. The first-order valence-electron chi connectivity index (χ1n) is 12.3. The molecule has 0 aliphatic rings. The number of ether oxygens (including phenoxy) is 1. The molecule has 0 unspecified atom stereocenters. The maximum atomic E-state index is 16.3. The van der Waals surface area contributed by atoms with Crippen molar-refractivity contribution >= 4 is 27.8 Å². The second-order valence-corrected chi connectivity index (χ2v) is 10.7. The van der Waals surface area contributed by atoms with E-state index in [0.717, 1.165) is 13.1 Å². The van der Waals surface area contributed by atoms with E-state index in [0.29, 0.717) is 40.8 Å². The first-order valence-corrected chi connectivity index (χ1v) is 13.7. The number of pyridine rings is 1. The number of halogens is 3. The molecule has 2 aromatic carbocycles. The van der Waals surface area contributed by atoms with Crippen molar-refractivity contribution in [2.75, 3.05) is 24.6 Å². The molecule has 0 fully saturated rings. The summed E-state index contributed by atoms with van der Waals surface area (Å²) in [6.07, 6.45) is 3.48. The summed E-state index contributed by atoms with van der Waals surface area (Å²) in [4.78, 5) is 26.8. The first kappa shape index (κ1) is 30.0. The van der Waals surface area contributed by atoms with Crippen LogP contribution in [0.3, 0.4) is 0 Å². The van der Waals surface area contributed by atoms with Gasteiger partial charge in [0.15, 0.2) is 12.5 Å². The van der Waals surface area contributed by atoms with Crippen molar-refractivity contribution in [3.05, 3.63) is 84.6 Å². The van der Waals surface area contributed by atoms with Crippen molar-refractivity contribution in [1.29, 1.82) is 0 Å². The zero-order chi connectivity index (χ0) is 30.6. The number of sulfonamides is 1. The molecule has 0 spiro atoms. The minimum Gasteiger partial charge on any atom is -0.480 e. The minimum absolute atomic E-state index is 0.138. The maximum Gasteiger partial charge on any atom is 0.411 e. The largest absolute Gasteiger partial charge is 0.480 e. The third kappa shape index (κ3) is 6.20. The fraction of sp³-hybridized carbons (Fsp3) is 0.185. The molecule has 0 aliphatic carbocycles. The SMILES string of the molecule is CCn1cc(-c2ccncc2)c(-c2cccc(N(COC(=O)N(C)CC(=O)O)S(=O)(=O)c3cc(F)ccc3F)c2F)n1. The van der Waals surface area contributed by atoms with Crippen LogP contribution in [0.25, 0.3) is 22.4 Å². The summed E-state index contributed by atoms with van der Waals surface area (Å²) in [5.74, 6) is -4.93. The Bertz CT molecular complexity index is 1730. The number of aliphatic carboxylic acids is 1. The third-order valence-electron chi connectivity index (χ3n) is 6.03. The van der Waals surface area contributed by atoms with E-state index in [1.807, 2.05) is 6.92 Å². The fourth-order valence-electron chi connectivity index (χ4n) is 3.97. The molecule has 4 aromatic rings. The van der Waals surface area contributed by atoms with Crippen molar-refractivity contribution in [1.82, 2.24) is 19.7 Å². The van der Waals surface area contributed by atoms with Gasteiger partial charge < -0.3 is 14.7 Å². The normalized spacial score (nSPS) is 11.3. The van der Waals surface area contributed by atoms with Crippen molar-refractivity contribution in [3.63, 3.8) is 0 Å². The van der Waals surface area contributed by atoms with Crippen LogP contribution >= 0.6 is 0 Å². The number of hydrogen-bond donors (Lipinski definition) is 1. The van der Waals surface area contributed by atoms with Crippen LogP contribution in [0.15, 0.2) is 72.0 Å². The lowest BCUT2D eigenvalue weighted by atomic mass is 10.0. The van der Waals surface area contributed by atoms with Gasteiger partial charge in [0.05, 0.1) is 5.69 Å². The number of benzene rings is 2. The maximum absolute atomic E-state index is 16.3. The van der Waals surface area contributed by atoms with Crippen LogP contribution in [-0.2, 0) is 26.1 Å². The minimum atomic E-state index is -5.10. The van der Waals surface area contributed by atoms with Crippen molar-refractivity contribution in [3.8, 4) is 22.4 Å². The van der Waals surface area contributed by atoms with E-state index >= 15 is 4.39 Å². The highest BCUT2D eigenvalue weighted by Gasteiger charge is 2.33. The molecule has 0 bridgehead atoms. The van der Waals surface area contributed by atoms with Crippen LogP contribution in [0.4, 0.5) is 23.7 Å². The number of carboxylic acid groups (broad SMARTS) is 1. The topological polar surface area (TPSA) is 135 Å². The van der Waals surface area contributed by atoms with Gasteiger partial charge in [-0.3, -0.25) is 14.5 Å². The first-order chi connectivity index (χ1) is 19.9. The number of rotatable bonds is 10. The Morgan fingerprint density at radius 3 is 2.43 bits per heavy atom. The highest BCUT2D eigenvalue weighted by molar-refractivity contribution is 7.92. The predicted molar refractivity (Wildman–Crippen MR) is 144 cm³/mol. The monoisotopic (exact) mass is 603 g/mol. The van der Waals surface area contributed by atoms with Crippen LogP contribution < -0.4 is 4.31 Å². The Morgan fingerprint density at radius 2 is 1.76 bits per heavy atom. The zero-order valence-electron chi connectivity index (χ0n) is 22.2. The molecule has 2 heterocycles. The van der Waals surface area contributed by atoms with Crippen LogP contribution in [0.1, 0.15) is 6.92 Å². The lowest BCUT2D eigenvalue weighted by molar-refractivity contribution is -0.137. The number of carboxylic acids is 1. The Kier molecular flexibility index (Phi) is 8.80. The molecule has 1 N–H and O–H groups in total. The van der Waals surface area contributed by atoms with Crippen LogP contribution in [-0.4, -0.2) is 65.6 Å². The summed E-state index contributed by atoms with van der Waals surface area (Å²) in [5, 5.41) is 13.4. The zero-order valence-corrected chi connectivity index (χ0v) is 23.1. The van der Waals surface area contributed by atoms with E-state index < -0.39 is 63.4 Å². The van der Waals surface area contributed by atoms with Gasteiger partial charge in [-0.2, -0.15) is 5.10 Å². The molecule has 0 aliphatic heterocycles. The van der Waals surface area contributed by atoms with Crippen molar-refractivity contribution < 1.29 is 41.0 Å². The van der Waals surface area contributed by atoms with Crippen LogP contribution in [0, 0.1) is 17.5 Å². The smallest absolute Gasteiger partial charge is 0.411 e. The van der Waals surface area contributed by atoms with Crippen LogP contribution in [0.5, 0.6) is 0 Å². The van der Waals surface area contributed by atoms with E-state index in [9.17, 15) is 26.8 Å². The number of carbonyl (C=O) groups excluding carboxylic acids is 1. The molecule has 4 rings (SSSR count). The van der Waals surface area contributed by atoms with Gasteiger partial charge >= 0.3 is 12.1 Å². The van der Waals surface area contributed by atoms with E-state index in [2.05, 4.69) is 10.1 Å². The van der Waals surface area contributed by atoms with Gasteiger partial charge in [-0.1, -0.05) is 6.07 Å². The predicted octanol–water partition coefficient (Wildman–Crippen LogP) is 4.36. The highest BCUT2D eigenvalue weighted by Crippen LogP contribution is 2.37. The van der Waals surface area contributed by atoms with Gasteiger partial charge in [-0.05, 0) is 55.0 Å². The molecule has 0 saturated heterocycles. The molecule has 11 nitrogen and oxygen atoms in total. The number of hydrogen-bond acceptors (Lipinski definition) is 7. The van der Waals surface area contributed by atoms with E-state index in [1.165, 1.54) is 24.5 Å². The number of nitrogens with zero attached hydrogens (tertiary/aromatic N) is 5. The average Bonchev–Trinajstić information content (AvgIpc) is 3.39. The molecule has 2 aromatic heterocycles. The van der Waals surface area contributed by atoms with Gasteiger partial charge in [0.1, 0.15) is 28.8 Å². The van der Waals surface area contributed by atoms with E-state index in [4.69, 9.17) is 9.84 Å². The van der Waals surface area contributed by atoms with Crippen LogP contribution in [0.2, 0.25) is 0 Å². The molecule has 220 valence electrons. The number of carbonyl (C=O) groups is 2. The number of likely N-dealkylation sites (N-methyl/N-ethyl adjacent to an activating group) is 1. The number of anilines is 1. The van der Waals surface area contributed by atoms with Gasteiger partial charge in [-0.15, -0.1) is 0 Å². The molecule has 0 atom stereocenters. The lowest BCUT2D eigenvalue weighted by Gasteiger charge is -2.26. The average molecular weight is 604 g/mol. The summed E-state index contributed by atoms with van der Waals surface area (Å²) in [5.41, 5.74) is 0.487. The molecule has 42 heavy (non-hydrogen) atoms. The molecule has 1 amide bonds. The Morgan fingerprint density at radius 1 is 1.05 bits per heavy atom. The molecule has 0 radical (unpaired) electrons.